The van der Waals surface area contributed by atoms with E-state index in [2.05, 4.69) is 34.0 Å². The molecule has 2 heterocycles. The van der Waals surface area contributed by atoms with E-state index in [4.69, 9.17) is 9.26 Å². The van der Waals surface area contributed by atoms with Crippen LogP contribution in [0, 0.1) is 11.8 Å². The molecule has 3 aromatic rings. The van der Waals surface area contributed by atoms with Crippen molar-refractivity contribution in [2.24, 2.45) is 11.8 Å². The summed E-state index contributed by atoms with van der Waals surface area (Å²) in [4.78, 5) is 13.9. The van der Waals surface area contributed by atoms with Gasteiger partial charge in [-0.3, -0.25) is 4.79 Å². The second kappa shape index (κ2) is 11.9. The van der Waals surface area contributed by atoms with Crippen LogP contribution >= 0.6 is 11.8 Å². The van der Waals surface area contributed by atoms with Gasteiger partial charge < -0.3 is 19.9 Å². The van der Waals surface area contributed by atoms with E-state index in [0.717, 1.165) is 54.5 Å². The molecule has 6 nitrogen and oxygen atoms in total. The number of hydrogen-bond donors (Lipinski definition) is 2. The summed E-state index contributed by atoms with van der Waals surface area (Å²) in [6, 6.07) is 20.1. The number of rotatable bonds is 10. The van der Waals surface area contributed by atoms with Crippen LogP contribution in [0.4, 0.5) is 0 Å². The van der Waals surface area contributed by atoms with Crippen molar-refractivity contribution < 1.29 is 14.1 Å². The molecular formula is C26H31N3O3S. The van der Waals surface area contributed by atoms with Gasteiger partial charge in [0.2, 0.25) is 5.91 Å². The van der Waals surface area contributed by atoms with E-state index < -0.39 is 0 Å². The van der Waals surface area contributed by atoms with E-state index in [1.54, 1.807) is 18.9 Å². The van der Waals surface area contributed by atoms with Crippen molar-refractivity contribution >= 4 is 17.7 Å². The van der Waals surface area contributed by atoms with Crippen molar-refractivity contribution in [3.05, 3.63) is 77.7 Å². The minimum Gasteiger partial charge on any atom is -0.497 e. The van der Waals surface area contributed by atoms with Crippen LogP contribution in [0.15, 0.2) is 70.1 Å². The van der Waals surface area contributed by atoms with Crippen molar-refractivity contribution in [1.82, 2.24) is 15.8 Å². The Kier molecular flexibility index (Phi) is 8.44. The zero-order chi connectivity index (χ0) is 22.9. The molecule has 1 amide bonds. The Morgan fingerprint density at radius 3 is 2.79 bits per heavy atom. The minimum absolute atomic E-state index is 0.0998. The molecule has 1 aliphatic heterocycles. The average Bonchev–Trinajstić information content (AvgIpc) is 3.31. The lowest BCUT2D eigenvalue weighted by Crippen LogP contribution is -2.40. The van der Waals surface area contributed by atoms with Crippen LogP contribution in [0.3, 0.4) is 0 Å². The molecule has 4 rings (SSSR count). The number of aromatic nitrogens is 1. The molecule has 0 saturated carbocycles. The van der Waals surface area contributed by atoms with Crippen LogP contribution in [0.5, 0.6) is 5.75 Å². The Balaban J connectivity index is 1.26. The van der Waals surface area contributed by atoms with Gasteiger partial charge in [0.15, 0.2) is 0 Å². The normalized spacial score (nSPS) is 18.1. The van der Waals surface area contributed by atoms with Gasteiger partial charge in [-0.05, 0) is 67.6 Å². The molecule has 2 unspecified atom stereocenters. The molecule has 1 aromatic heterocycles. The largest absolute Gasteiger partial charge is 0.497 e. The molecule has 1 saturated heterocycles. The van der Waals surface area contributed by atoms with Gasteiger partial charge >= 0.3 is 0 Å². The standard InChI is InChI=1S/C26H31N3O3S/c1-31-23-9-7-19(8-10-23)16-28-26(30)14-20-11-12-27-17-21(20)13-22-15-24(32-29-22)18-33-25-5-3-2-4-6-25/h2-10,15,20-21,27H,11-14,16-18H2,1H3,(H,28,30). The molecule has 7 heteroatoms. The fourth-order valence-corrected chi connectivity index (χ4v) is 4.99. The first-order chi connectivity index (χ1) is 16.2. The number of amides is 1. The Bertz CT molecular complexity index is 1010. The summed E-state index contributed by atoms with van der Waals surface area (Å²) in [7, 11) is 1.65. The maximum Gasteiger partial charge on any atom is 0.220 e. The third-order valence-corrected chi connectivity index (χ3v) is 7.10. The molecule has 0 radical (unpaired) electrons. The SMILES string of the molecule is COc1ccc(CNC(=O)CC2CCNCC2Cc2cc(CSc3ccccc3)on2)cc1. The summed E-state index contributed by atoms with van der Waals surface area (Å²) in [5, 5.41) is 10.8. The van der Waals surface area contributed by atoms with E-state index in [1.807, 2.05) is 42.5 Å². The monoisotopic (exact) mass is 465 g/mol. The smallest absolute Gasteiger partial charge is 0.220 e. The van der Waals surface area contributed by atoms with E-state index in [9.17, 15) is 4.79 Å². The van der Waals surface area contributed by atoms with Crippen molar-refractivity contribution in [3.63, 3.8) is 0 Å². The van der Waals surface area contributed by atoms with Crippen molar-refractivity contribution in [2.75, 3.05) is 20.2 Å². The first-order valence-corrected chi connectivity index (χ1v) is 12.4. The van der Waals surface area contributed by atoms with E-state index in [-0.39, 0.29) is 5.91 Å². The van der Waals surface area contributed by atoms with E-state index in [0.29, 0.717) is 24.8 Å². The Hall–Kier alpha value is -2.77. The molecule has 0 spiro atoms. The maximum atomic E-state index is 12.6. The molecular weight excluding hydrogens is 434 g/mol. The summed E-state index contributed by atoms with van der Waals surface area (Å²) in [5.74, 6) is 3.26. The number of nitrogens with one attached hydrogen (secondary N) is 2. The fraction of sp³-hybridized carbons (Fsp3) is 0.385. The molecule has 2 atom stereocenters. The van der Waals surface area contributed by atoms with Crippen molar-refractivity contribution in [1.29, 1.82) is 0 Å². The number of ether oxygens (including phenoxy) is 1. The topological polar surface area (TPSA) is 76.4 Å². The summed E-state index contributed by atoms with van der Waals surface area (Å²) >= 11 is 1.74. The molecule has 0 bridgehead atoms. The summed E-state index contributed by atoms with van der Waals surface area (Å²) in [6.07, 6.45) is 2.36. The van der Waals surface area contributed by atoms with Crippen LogP contribution < -0.4 is 15.4 Å². The fourth-order valence-electron chi connectivity index (χ4n) is 4.20. The summed E-state index contributed by atoms with van der Waals surface area (Å²) < 4.78 is 10.8. The van der Waals surface area contributed by atoms with Crippen LogP contribution in [0.25, 0.3) is 0 Å². The molecule has 1 fully saturated rings. The summed E-state index contributed by atoms with van der Waals surface area (Å²) in [6.45, 7) is 2.38. The van der Waals surface area contributed by atoms with Crippen molar-refractivity contribution in [2.45, 2.75) is 36.5 Å². The molecule has 0 aliphatic carbocycles. The van der Waals surface area contributed by atoms with Gasteiger partial charge in [0.05, 0.1) is 18.6 Å². The quantitative estimate of drug-likeness (QED) is 0.431. The highest BCUT2D eigenvalue weighted by atomic mass is 32.2. The van der Waals surface area contributed by atoms with Crippen LogP contribution in [-0.2, 0) is 23.5 Å². The number of carbonyl (C=O) groups excluding carboxylic acids is 1. The van der Waals surface area contributed by atoms with E-state index in [1.165, 1.54) is 4.90 Å². The first-order valence-electron chi connectivity index (χ1n) is 11.4. The lowest BCUT2D eigenvalue weighted by Gasteiger charge is -2.31. The third kappa shape index (κ3) is 7.11. The lowest BCUT2D eigenvalue weighted by atomic mass is 9.81. The van der Waals surface area contributed by atoms with Gasteiger partial charge in [0, 0.05) is 23.9 Å². The Morgan fingerprint density at radius 2 is 2.00 bits per heavy atom. The maximum absolute atomic E-state index is 12.6. The molecule has 33 heavy (non-hydrogen) atoms. The third-order valence-electron chi connectivity index (χ3n) is 6.06. The Morgan fingerprint density at radius 1 is 1.18 bits per heavy atom. The highest BCUT2D eigenvalue weighted by Gasteiger charge is 2.28. The highest BCUT2D eigenvalue weighted by Crippen LogP contribution is 2.28. The predicted octanol–water partition coefficient (Wildman–Crippen LogP) is 4.45. The highest BCUT2D eigenvalue weighted by molar-refractivity contribution is 7.98. The summed E-state index contributed by atoms with van der Waals surface area (Å²) in [5.41, 5.74) is 2.03. The van der Waals surface area contributed by atoms with Gasteiger partial charge in [-0.1, -0.05) is 35.5 Å². The van der Waals surface area contributed by atoms with Crippen LogP contribution in [0.1, 0.15) is 29.9 Å². The average molecular weight is 466 g/mol. The molecule has 174 valence electrons. The van der Waals surface area contributed by atoms with Gasteiger partial charge in [0.25, 0.3) is 0 Å². The number of piperidine rings is 1. The van der Waals surface area contributed by atoms with Crippen LogP contribution in [0.2, 0.25) is 0 Å². The van der Waals surface area contributed by atoms with Gasteiger partial charge in [0.1, 0.15) is 11.5 Å². The van der Waals surface area contributed by atoms with E-state index >= 15 is 0 Å². The van der Waals surface area contributed by atoms with Crippen LogP contribution in [-0.4, -0.2) is 31.3 Å². The zero-order valence-electron chi connectivity index (χ0n) is 19.0. The molecule has 2 N–H and O–H groups in total. The van der Waals surface area contributed by atoms with Gasteiger partial charge in [-0.2, -0.15) is 0 Å². The molecule has 1 aliphatic rings. The molecule has 2 aromatic carbocycles. The first kappa shape index (κ1) is 23.4. The van der Waals surface area contributed by atoms with Crippen molar-refractivity contribution in [3.8, 4) is 5.75 Å². The Labute approximate surface area is 199 Å². The number of methoxy groups -OCH3 is 1. The number of carbonyl (C=O) groups is 1. The van der Waals surface area contributed by atoms with Gasteiger partial charge in [-0.25, -0.2) is 0 Å². The predicted molar refractivity (Wildman–Crippen MR) is 130 cm³/mol. The number of thioether (sulfide) groups is 1. The number of nitrogens with zero attached hydrogens (tertiary/aromatic N) is 1. The second-order valence-corrected chi connectivity index (χ2v) is 9.48. The minimum atomic E-state index is 0.0998. The van der Waals surface area contributed by atoms with Gasteiger partial charge in [-0.15, -0.1) is 11.8 Å². The lowest BCUT2D eigenvalue weighted by molar-refractivity contribution is -0.122. The number of benzene rings is 2. The zero-order valence-corrected chi connectivity index (χ0v) is 19.8. The number of hydrogen-bond acceptors (Lipinski definition) is 6. The second-order valence-electron chi connectivity index (χ2n) is 8.43.